The monoisotopic (exact) mass is 276 g/mol. The maximum Gasteiger partial charge on any atom is 0.335 e. The van der Waals surface area contributed by atoms with Gasteiger partial charge in [0.05, 0.1) is 5.56 Å². The Hall–Kier alpha value is -1.58. The lowest BCUT2D eigenvalue weighted by atomic mass is 9.84. The highest BCUT2D eigenvalue weighted by Gasteiger charge is 2.27. The summed E-state index contributed by atoms with van der Waals surface area (Å²) in [6.07, 6.45) is 2.34. The fourth-order valence-electron chi connectivity index (χ4n) is 2.74. The molecule has 2 heterocycles. The second kappa shape index (κ2) is 5.43. The van der Waals surface area contributed by atoms with E-state index < -0.39 is 5.97 Å². The topological polar surface area (TPSA) is 53.4 Å². The number of nitrogens with zero attached hydrogens (tertiary/aromatic N) is 2. The molecule has 2 rings (SSSR count). The second-order valence-corrected chi connectivity index (χ2v) is 6.79. The van der Waals surface area contributed by atoms with E-state index in [0.29, 0.717) is 5.56 Å². The highest BCUT2D eigenvalue weighted by atomic mass is 16.4. The van der Waals surface area contributed by atoms with Crippen molar-refractivity contribution >= 4 is 11.8 Å². The molecular weight excluding hydrogens is 252 g/mol. The Kier molecular flexibility index (Phi) is 4.02. The van der Waals surface area contributed by atoms with Crippen LogP contribution in [0.3, 0.4) is 0 Å². The second-order valence-electron chi connectivity index (χ2n) is 6.79. The van der Waals surface area contributed by atoms with Crippen LogP contribution in [0.2, 0.25) is 0 Å². The first-order valence-electron chi connectivity index (χ1n) is 7.29. The number of piperidine rings is 1. The summed E-state index contributed by atoms with van der Waals surface area (Å²) < 4.78 is 0. The molecule has 4 heteroatoms. The molecule has 0 bridgehead atoms. The Labute approximate surface area is 120 Å². The first-order valence-corrected chi connectivity index (χ1v) is 7.29. The Morgan fingerprint density at radius 2 is 2.10 bits per heavy atom. The molecule has 1 saturated heterocycles. The van der Waals surface area contributed by atoms with E-state index in [2.05, 4.69) is 23.7 Å². The number of hydrogen-bond donors (Lipinski definition) is 1. The summed E-state index contributed by atoms with van der Waals surface area (Å²) in [5.41, 5.74) is 1.45. The van der Waals surface area contributed by atoms with Crippen LogP contribution in [0.4, 0.5) is 5.82 Å². The van der Waals surface area contributed by atoms with Gasteiger partial charge in [0.25, 0.3) is 0 Å². The van der Waals surface area contributed by atoms with Gasteiger partial charge in [0.2, 0.25) is 0 Å². The molecule has 0 aromatic carbocycles. The van der Waals surface area contributed by atoms with E-state index >= 15 is 0 Å². The van der Waals surface area contributed by atoms with Crippen LogP contribution in [0, 0.1) is 5.41 Å². The van der Waals surface area contributed by atoms with Crippen LogP contribution in [-0.2, 0) is 0 Å². The van der Waals surface area contributed by atoms with Crippen LogP contribution < -0.4 is 4.90 Å². The molecule has 0 amide bonds. The van der Waals surface area contributed by atoms with Crippen molar-refractivity contribution in [2.24, 2.45) is 5.41 Å². The summed E-state index contributed by atoms with van der Waals surface area (Å²) in [4.78, 5) is 18.2. The van der Waals surface area contributed by atoms with Gasteiger partial charge in [-0.3, -0.25) is 0 Å². The zero-order valence-corrected chi connectivity index (χ0v) is 12.8. The summed E-state index contributed by atoms with van der Waals surface area (Å²) in [5.74, 6) is 0.152. The maximum atomic E-state index is 11.3. The molecule has 1 aromatic rings. The van der Waals surface area contributed by atoms with Crippen LogP contribution in [0.5, 0.6) is 0 Å². The summed E-state index contributed by atoms with van der Waals surface area (Å²) in [7, 11) is 0. The predicted octanol–water partition coefficient (Wildman–Crippen LogP) is 3.53. The average Bonchev–Trinajstić information content (AvgIpc) is 2.36. The summed E-state index contributed by atoms with van der Waals surface area (Å²) >= 11 is 0. The molecular formula is C16H24N2O2. The molecule has 1 fully saturated rings. The third kappa shape index (κ3) is 3.30. The van der Waals surface area contributed by atoms with Crippen molar-refractivity contribution in [3.8, 4) is 0 Å². The number of carbonyl (C=O) groups is 1. The van der Waals surface area contributed by atoms with E-state index in [0.717, 1.165) is 31.0 Å². The Bertz CT molecular complexity index is 509. The first kappa shape index (κ1) is 14.8. The van der Waals surface area contributed by atoms with Gasteiger partial charge < -0.3 is 10.0 Å². The molecule has 4 nitrogen and oxygen atoms in total. The Balaban J connectivity index is 2.37. The lowest BCUT2D eigenvalue weighted by Gasteiger charge is -2.39. The highest BCUT2D eigenvalue weighted by Crippen LogP contribution is 2.31. The van der Waals surface area contributed by atoms with E-state index in [9.17, 15) is 9.90 Å². The molecule has 0 aliphatic carbocycles. The number of carboxylic acid groups (broad SMARTS) is 1. The number of carboxylic acids is 1. The van der Waals surface area contributed by atoms with Gasteiger partial charge in [-0.05, 0) is 36.3 Å². The van der Waals surface area contributed by atoms with Crippen LogP contribution in [0.1, 0.15) is 62.5 Å². The van der Waals surface area contributed by atoms with Crippen molar-refractivity contribution in [3.05, 3.63) is 23.4 Å². The molecule has 0 unspecified atom stereocenters. The van der Waals surface area contributed by atoms with Crippen LogP contribution in [0.25, 0.3) is 0 Å². The van der Waals surface area contributed by atoms with Gasteiger partial charge in [-0.15, -0.1) is 0 Å². The van der Waals surface area contributed by atoms with E-state index in [-0.39, 0.29) is 11.3 Å². The number of rotatable bonds is 3. The number of anilines is 1. The van der Waals surface area contributed by atoms with Gasteiger partial charge in [-0.25, -0.2) is 9.78 Å². The quantitative estimate of drug-likeness (QED) is 0.917. The van der Waals surface area contributed by atoms with Crippen LogP contribution in [0.15, 0.2) is 12.1 Å². The lowest BCUT2D eigenvalue weighted by molar-refractivity contribution is 0.0696. The number of aromatic carboxylic acids is 1. The van der Waals surface area contributed by atoms with Gasteiger partial charge >= 0.3 is 5.97 Å². The third-order valence-corrected chi connectivity index (χ3v) is 3.89. The highest BCUT2D eigenvalue weighted by molar-refractivity contribution is 5.88. The smallest absolute Gasteiger partial charge is 0.335 e. The SMILES string of the molecule is CC(C)c1cc(C(=O)O)cc(N2CCCC(C)(C)C2)n1. The third-order valence-electron chi connectivity index (χ3n) is 3.89. The minimum Gasteiger partial charge on any atom is -0.478 e. The minimum atomic E-state index is -0.883. The van der Waals surface area contributed by atoms with Crippen molar-refractivity contribution in [3.63, 3.8) is 0 Å². The maximum absolute atomic E-state index is 11.3. The molecule has 0 spiro atoms. The predicted molar refractivity (Wildman–Crippen MR) is 80.5 cm³/mol. The average molecular weight is 276 g/mol. The Morgan fingerprint density at radius 1 is 1.40 bits per heavy atom. The summed E-state index contributed by atoms with van der Waals surface area (Å²) in [6, 6.07) is 3.39. The summed E-state index contributed by atoms with van der Waals surface area (Å²) in [6.45, 7) is 10.5. The van der Waals surface area contributed by atoms with Crippen LogP contribution in [-0.4, -0.2) is 29.1 Å². The minimum absolute atomic E-state index is 0.228. The molecule has 0 radical (unpaired) electrons. The summed E-state index contributed by atoms with van der Waals surface area (Å²) in [5, 5.41) is 9.27. The van der Waals surface area contributed by atoms with Gasteiger partial charge in [0, 0.05) is 18.8 Å². The molecule has 1 N–H and O–H groups in total. The van der Waals surface area contributed by atoms with Gasteiger partial charge in [0.15, 0.2) is 0 Å². The van der Waals surface area contributed by atoms with E-state index in [1.54, 1.807) is 12.1 Å². The molecule has 0 saturated carbocycles. The largest absolute Gasteiger partial charge is 0.478 e. The molecule has 0 atom stereocenters. The van der Waals surface area contributed by atoms with Crippen molar-refractivity contribution in [1.82, 2.24) is 4.98 Å². The molecule has 1 aliphatic rings. The van der Waals surface area contributed by atoms with E-state index in [1.807, 2.05) is 13.8 Å². The molecule has 20 heavy (non-hydrogen) atoms. The van der Waals surface area contributed by atoms with Crippen molar-refractivity contribution in [2.75, 3.05) is 18.0 Å². The number of pyridine rings is 1. The standard InChI is InChI=1S/C16H24N2O2/c1-11(2)13-8-12(15(19)20)9-14(17-13)18-7-5-6-16(3,4)10-18/h8-9,11H,5-7,10H2,1-4H3,(H,19,20). The van der Waals surface area contributed by atoms with Gasteiger partial charge in [-0.1, -0.05) is 27.7 Å². The number of hydrogen-bond acceptors (Lipinski definition) is 3. The Morgan fingerprint density at radius 3 is 2.65 bits per heavy atom. The van der Waals surface area contributed by atoms with Gasteiger partial charge in [0.1, 0.15) is 5.82 Å². The van der Waals surface area contributed by atoms with Crippen LogP contribution >= 0.6 is 0 Å². The van der Waals surface area contributed by atoms with Crippen molar-refractivity contribution in [1.29, 1.82) is 0 Å². The zero-order valence-electron chi connectivity index (χ0n) is 12.8. The first-order chi connectivity index (χ1) is 9.28. The fourth-order valence-corrected chi connectivity index (χ4v) is 2.74. The molecule has 110 valence electrons. The fraction of sp³-hybridized carbons (Fsp3) is 0.625. The van der Waals surface area contributed by atoms with E-state index in [4.69, 9.17) is 0 Å². The van der Waals surface area contributed by atoms with E-state index in [1.165, 1.54) is 6.42 Å². The number of aromatic nitrogens is 1. The molecule has 1 aromatic heterocycles. The lowest BCUT2D eigenvalue weighted by Crippen LogP contribution is -2.40. The molecule has 1 aliphatic heterocycles. The zero-order chi connectivity index (χ0) is 14.9. The van der Waals surface area contributed by atoms with Gasteiger partial charge in [-0.2, -0.15) is 0 Å². The van der Waals surface area contributed by atoms with Crippen molar-refractivity contribution < 1.29 is 9.90 Å². The normalized spacial score (nSPS) is 18.4. The van der Waals surface area contributed by atoms with Crippen molar-refractivity contribution in [2.45, 2.75) is 46.5 Å².